The average molecular weight is 342 g/mol. The molecule has 5 heteroatoms. The number of hydrogen-bond donors (Lipinski definition) is 0. The largest absolute Gasteiger partial charge is 0.454 e. The van der Waals surface area contributed by atoms with E-state index in [1.165, 1.54) is 11.1 Å². The number of halogens is 1. The van der Waals surface area contributed by atoms with Gasteiger partial charge in [-0.25, -0.2) is 4.39 Å². The van der Waals surface area contributed by atoms with Crippen LogP contribution >= 0.6 is 0 Å². The predicted molar refractivity (Wildman–Crippen MR) is 94.4 cm³/mol. The summed E-state index contributed by atoms with van der Waals surface area (Å²) < 4.78 is 23.8. The fraction of sp³-hybridized carbons (Fsp3) is 0.400. The van der Waals surface area contributed by atoms with E-state index in [-0.39, 0.29) is 5.82 Å². The number of benzene rings is 2. The molecule has 0 aliphatic carbocycles. The van der Waals surface area contributed by atoms with E-state index >= 15 is 0 Å². The van der Waals surface area contributed by atoms with Gasteiger partial charge in [0, 0.05) is 39.3 Å². The summed E-state index contributed by atoms with van der Waals surface area (Å²) in [7, 11) is 0. The maximum atomic E-state index is 12.9. The van der Waals surface area contributed by atoms with E-state index in [1.807, 2.05) is 18.2 Å². The van der Waals surface area contributed by atoms with Gasteiger partial charge in [-0.1, -0.05) is 18.2 Å². The number of ether oxygens (including phenoxy) is 2. The summed E-state index contributed by atoms with van der Waals surface area (Å²) in [5.41, 5.74) is 2.47. The molecule has 0 atom stereocenters. The Labute approximate surface area is 147 Å². The number of rotatable bonds is 5. The molecule has 4 nitrogen and oxygen atoms in total. The Balaban J connectivity index is 1.23. The van der Waals surface area contributed by atoms with E-state index in [9.17, 15) is 4.39 Å². The maximum absolute atomic E-state index is 12.9. The predicted octanol–water partition coefficient (Wildman–Crippen LogP) is 2.91. The molecule has 2 aliphatic heterocycles. The molecule has 0 bridgehead atoms. The second kappa shape index (κ2) is 7.42. The monoisotopic (exact) mass is 342 g/mol. The lowest BCUT2D eigenvalue weighted by Crippen LogP contribution is -2.46. The zero-order chi connectivity index (χ0) is 17.1. The highest BCUT2D eigenvalue weighted by molar-refractivity contribution is 5.44. The van der Waals surface area contributed by atoms with Crippen molar-refractivity contribution in [3.05, 3.63) is 59.4 Å². The van der Waals surface area contributed by atoms with Crippen LogP contribution in [0.5, 0.6) is 11.5 Å². The molecule has 0 saturated carbocycles. The van der Waals surface area contributed by atoms with Crippen LogP contribution in [-0.2, 0) is 13.0 Å². The third-order valence-electron chi connectivity index (χ3n) is 4.94. The third kappa shape index (κ3) is 4.11. The van der Waals surface area contributed by atoms with E-state index in [2.05, 4.69) is 21.9 Å². The van der Waals surface area contributed by atoms with Crippen molar-refractivity contribution in [2.75, 3.05) is 39.5 Å². The first-order valence-corrected chi connectivity index (χ1v) is 8.84. The van der Waals surface area contributed by atoms with Crippen LogP contribution in [0.1, 0.15) is 11.1 Å². The summed E-state index contributed by atoms with van der Waals surface area (Å²) in [6.07, 6.45) is 0.975. The lowest BCUT2D eigenvalue weighted by Gasteiger charge is -2.34. The second-order valence-corrected chi connectivity index (χ2v) is 6.68. The van der Waals surface area contributed by atoms with Crippen molar-refractivity contribution in [2.24, 2.45) is 0 Å². The summed E-state index contributed by atoms with van der Waals surface area (Å²) >= 11 is 0. The van der Waals surface area contributed by atoms with Gasteiger partial charge in [0.05, 0.1) is 0 Å². The minimum absolute atomic E-state index is 0.166. The van der Waals surface area contributed by atoms with Crippen LogP contribution in [0.3, 0.4) is 0 Å². The van der Waals surface area contributed by atoms with Crippen molar-refractivity contribution in [1.82, 2.24) is 9.80 Å². The van der Waals surface area contributed by atoms with Crippen LogP contribution in [0.4, 0.5) is 4.39 Å². The van der Waals surface area contributed by atoms with Gasteiger partial charge in [0.1, 0.15) is 5.82 Å². The van der Waals surface area contributed by atoms with Gasteiger partial charge in [-0.2, -0.15) is 0 Å². The smallest absolute Gasteiger partial charge is 0.231 e. The summed E-state index contributed by atoms with van der Waals surface area (Å²) in [6.45, 7) is 6.59. The molecular weight excluding hydrogens is 319 g/mol. The molecule has 0 spiro atoms. The summed E-state index contributed by atoms with van der Waals surface area (Å²) in [4.78, 5) is 4.96. The van der Waals surface area contributed by atoms with Crippen molar-refractivity contribution >= 4 is 0 Å². The average Bonchev–Trinajstić information content (AvgIpc) is 3.10. The van der Waals surface area contributed by atoms with Crippen molar-refractivity contribution < 1.29 is 13.9 Å². The zero-order valence-corrected chi connectivity index (χ0v) is 14.3. The Morgan fingerprint density at radius 1 is 0.800 bits per heavy atom. The summed E-state index contributed by atoms with van der Waals surface area (Å²) in [5, 5.41) is 0. The van der Waals surface area contributed by atoms with Gasteiger partial charge in [0.2, 0.25) is 6.79 Å². The molecule has 132 valence electrons. The van der Waals surface area contributed by atoms with Crippen molar-refractivity contribution in [3.8, 4) is 11.5 Å². The molecule has 0 aromatic heterocycles. The zero-order valence-electron chi connectivity index (χ0n) is 14.3. The molecule has 1 saturated heterocycles. The molecule has 25 heavy (non-hydrogen) atoms. The Kier molecular flexibility index (Phi) is 4.85. The minimum Gasteiger partial charge on any atom is -0.454 e. The van der Waals surface area contributed by atoms with Crippen LogP contribution < -0.4 is 9.47 Å². The Bertz CT molecular complexity index is 712. The number of hydrogen-bond acceptors (Lipinski definition) is 4. The highest BCUT2D eigenvalue weighted by atomic mass is 19.1. The molecule has 2 aromatic rings. The minimum atomic E-state index is -0.166. The van der Waals surface area contributed by atoms with Gasteiger partial charge in [-0.3, -0.25) is 4.90 Å². The Morgan fingerprint density at radius 3 is 2.28 bits per heavy atom. The molecule has 0 radical (unpaired) electrons. The summed E-state index contributed by atoms with van der Waals surface area (Å²) in [6, 6.07) is 13.0. The lowest BCUT2D eigenvalue weighted by molar-refractivity contribution is 0.128. The van der Waals surface area contributed by atoms with Crippen molar-refractivity contribution in [2.45, 2.75) is 13.0 Å². The molecule has 2 heterocycles. The van der Waals surface area contributed by atoms with Crippen molar-refractivity contribution in [1.29, 1.82) is 0 Å². The van der Waals surface area contributed by atoms with Gasteiger partial charge < -0.3 is 14.4 Å². The van der Waals surface area contributed by atoms with Gasteiger partial charge in [0.25, 0.3) is 0 Å². The maximum Gasteiger partial charge on any atom is 0.231 e. The normalized spacial score (nSPS) is 17.8. The Hall–Kier alpha value is -2.11. The van der Waals surface area contributed by atoms with Crippen LogP contribution in [0.25, 0.3) is 0 Å². The van der Waals surface area contributed by atoms with E-state index in [0.717, 1.165) is 57.2 Å². The van der Waals surface area contributed by atoms with Gasteiger partial charge >= 0.3 is 0 Å². The van der Waals surface area contributed by atoms with E-state index < -0.39 is 0 Å². The fourth-order valence-electron chi connectivity index (χ4n) is 3.41. The first kappa shape index (κ1) is 16.4. The molecule has 0 amide bonds. The highest BCUT2D eigenvalue weighted by Gasteiger charge is 2.18. The van der Waals surface area contributed by atoms with Crippen LogP contribution in [-0.4, -0.2) is 49.3 Å². The molecule has 0 N–H and O–H groups in total. The summed E-state index contributed by atoms with van der Waals surface area (Å²) in [5.74, 6) is 1.53. The topological polar surface area (TPSA) is 24.9 Å². The third-order valence-corrected chi connectivity index (χ3v) is 4.94. The van der Waals surface area contributed by atoms with Crippen LogP contribution in [0.15, 0.2) is 42.5 Å². The quantitative estimate of drug-likeness (QED) is 0.834. The standard InChI is InChI=1S/C20H23FN2O2/c21-18-4-1-16(2-5-18)7-8-22-9-11-23(12-10-22)14-17-3-6-19-20(13-17)25-15-24-19/h1-6,13H,7-12,14-15H2. The number of piperazine rings is 1. The molecule has 2 aliphatic rings. The molecular formula is C20H23FN2O2. The lowest BCUT2D eigenvalue weighted by atomic mass is 10.1. The first-order valence-electron chi connectivity index (χ1n) is 8.84. The highest BCUT2D eigenvalue weighted by Crippen LogP contribution is 2.32. The van der Waals surface area contributed by atoms with Crippen LogP contribution in [0, 0.1) is 5.82 Å². The van der Waals surface area contributed by atoms with Gasteiger partial charge in [0.15, 0.2) is 11.5 Å². The molecule has 0 unspecified atom stereocenters. The first-order chi connectivity index (χ1) is 12.3. The van der Waals surface area contributed by atoms with Gasteiger partial charge in [-0.05, 0) is 41.8 Å². The van der Waals surface area contributed by atoms with E-state index in [0.29, 0.717) is 6.79 Å². The van der Waals surface area contributed by atoms with E-state index in [4.69, 9.17) is 9.47 Å². The van der Waals surface area contributed by atoms with Crippen molar-refractivity contribution in [3.63, 3.8) is 0 Å². The Morgan fingerprint density at radius 2 is 1.48 bits per heavy atom. The molecule has 2 aromatic carbocycles. The SMILES string of the molecule is Fc1ccc(CCN2CCN(Cc3ccc4c(c3)OCO4)CC2)cc1. The van der Waals surface area contributed by atoms with Crippen LogP contribution in [0.2, 0.25) is 0 Å². The molecule has 4 rings (SSSR count). The van der Waals surface area contributed by atoms with Gasteiger partial charge in [-0.15, -0.1) is 0 Å². The second-order valence-electron chi connectivity index (χ2n) is 6.68. The molecule has 1 fully saturated rings. The number of nitrogens with zero attached hydrogens (tertiary/aromatic N) is 2. The number of fused-ring (bicyclic) bond motifs is 1. The van der Waals surface area contributed by atoms with E-state index in [1.54, 1.807) is 12.1 Å². The fourth-order valence-corrected chi connectivity index (χ4v) is 3.41.